The smallest absolute Gasteiger partial charge is 0.267 e. The van der Waals surface area contributed by atoms with Crippen molar-refractivity contribution >= 4 is 17.5 Å². The maximum absolute atomic E-state index is 12.0. The van der Waals surface area contributed by atoms with E-state index in [1.807, 2.05) is 0 Å². The maximum Gasteiger partial charge on any atom is 0.267 e. The van der Waals surface area contributed by atoms with Crippen molar-refractivity contribution < 1.29 is 14.3 Å². The number of nitrogens with zero attached hydrogens (tertiary/aromatic N) is 3. The summed E-state index contributed by atoms with van der Waals surface area (Å²) in [6, 6.07) is 0.270. The number of hydrogen-bond acceptors (Lipinski definition) is 5. The Balaban J connectivity index is 1.80. The van der Waals surface area contributed by atoms with E-state index >= 15 is 0 Å². The first kappa shape index (κ1) is 14.9. The molecule has 0 aromatic heterocycles. The topological polar surface area (TPSA) is 74.2 Å². The third kappa shape index (κ3) is 3.77. The fourth-order valence-corrected chi connectivity index (χ4v) is 2.32. The van der Waals surface area contributed by atoms with Crippen molar-refractivity contribution in [2.45, 2.75) is 25.8 Å². The lowest BCUT2D eigenvalue weighted by Gasteiger charge is -2.32. The van der Waals surface area contributed by atoms with E-state index in [-0.39, 0.29) is 17.9 Å². The molecule has 0 radical (unpaired) electrons. The lowest BCUT2D eigenvalue weighted by molar-refractivity contribution is -0.130. The van der Waals surface area contributed by atoms with Crippen LogP contribution >= 0.6 is 0 Å². The van der Waals surface area contributed by atoms with Crippen LogP contribution in [0.1, 0.15) is 19.8 Å². The minimum atomic E-state index is -0.176. The predicted octanol–water partition coefficient (Wildman–Crippen LogP) is -0.568. The van der Waals surface area contributed by atoms with Crippen LogP contribution in [0.4, 0.5) is 0 Å². The number of ether oxygens (including phenoxy) is 1. The van der Waals surface area contributed by atoms with Crippen LogP contribution in [-0.2, 0) is 14.3 Å². The van der Waals surface area contributed by atoms with E-state index < -0.39 is 0 Å². The molecule has 0 saturated carbocycles. The van der Waals surface area contributed by atoms with Crippen LogP contribution in [0.25, 0.3) is 0 Å². The van der Waals surface area contributed by atoms with Crippen LogP contribution < -0.4 is 5.32 Å². The van der Waals surface area contributed by atoms with Gasteiger partial charge in [-0.05, 0) is 6.92 Å². The third-order valence-corrected chi connectivity index (χ3v) is 3.70. The molecule has 1 N–H and O–H groups in total. The fourth-order valence-electron chi connectivity index (χ4n) is 2.32. The summed E-state index contributed by atoms with van der Waals surface area (Å²) in [6.07, 6.45) is 0.767. The highest BCUT2D eigenvalue weighted by Gasteiger charge is 2.23. The highest BCUT2D eigenvalue weighted by atomic mass is 16.5. The zero-order chi connectivity index (χ0) is 14.5. The molecule has 2 aliphatic heterocycles. The largest absolute Gasteiger partial charge is 0.379 e. The van der Waals surface area contributed by atoms with Gasteiger partial charge in [0.2, 0.25) is 5.91 Å². The van der Waals surface area contributed by atoms with Crippen molar-refractivity contribution in [2.75, 3.05) is 39.9 Å². The summed E-state index contributed by atoms with van der Waals surface area (Å²) in [5.74, 6) is -0.229. The van der Waals surface area contributed by atoms with E-state index in [9.17, 15) is 9.59 Å². The van der Waals surface area contributed by atoms with Gasteiger partial charge in [0.05, 0.1) is 13.2 Å². The number of amides is 2. The van der Waals surface area contributed by atoms with Gasteiger partial charge in [-0.3, -0.25) is 14.5 Å². The average molecular weight is 282 g/mol. The molecule has 20 heavy (non-hydrogen) atoms. The second kappa shape index (κ2) is 6.81. The van der Waals surface area contributed by atoms with Crippen LogP contribution in [0.15, 0.2) is 5.10 Å². The molecule has 0 spiro atoms. The summed E-state index contributed by atoms with van der Waals surface area (Å²) in [6.45, 7) is 5.96. The number of nitrogens with one attached hydrogen (secondary N) is 1. The van der Waals surface area contributed by atoms with Gasteiger partial charge in [0.1, 0.15) is 5.71 Å². The van der Waals surface area contributed by atoms with Gasteiger partial charge in [-0.2, -0.15) is 5.10 Å². The molecule has 0 bridgehead atoms. The Kier molecular flexibility index (Phi) is 5.08. The summed E-state index contributed by atoms with van der Waals surface area (Å²) < 4.78 is 5.31. The van der Waals surface area contributed by atoms with Crippen molar-refractivity contribution in [2.24, 2.45) is 5.10 Å². The molecule has 2 heterocycles. The van der Waals surface area contributed by atoms with Gasteiger partial charge in [-0.25, -0.2) is 5.01 Å². The van der Waals surface area contributed by atoms with Gasteiger partial charge >= 0.3 is 0 Å². The minimum Gasteiger partial charge on any atom is -0.379 e. The number of hydrazone groups is 1. The van der Waals surface area contributed by atoms with Gasteiger partial charge < -0.3 is 10.1 Å². The average Bonchev–Trinajstić information content (AvgIpc) is 2.48. The normalized spacial score (nSPS) is 22.4. The van der Waals surface area contributed by atoms with Gasteiger partial charge in [0, 0.05) is 45.6 Å². The summed E-state index contributed by atoms with van der Waals surface area (Å²) in [5.41, 5.74) is 0.432. The van der Waals surface area contributed by atoms with E-state index in [0.717, 1.165) is 26.3 Å². The van der Waals surface area contributed by atoms with Gasteiger partial charge in [-0.1, -0.05) is 0 Å². The molecule has 2 aliphatic rings. The Hall–Kier alpha value is -1.47. The Morgan fingerprint density at radius 3 is 2.75 bits per heavy atom. The summed E-state index contributed by atoms with van der Waals surface area (Å²) in [5, 5.41) is 8.14. The minimum absolute atomic E-state index is 0.0526. The second-order valence-electron chi connectivity index (χ2n) is 5.17. The fraction of sp³-hybridized carbons (Fsp3) is 0.769. The Morgan fingerprint density at radius 1 is 1.40 bits per heavy atom. The van der Waals surface area contributed by atoms with E-state index in [1.165, 1.54) is 5.01 Å². The first-order valence-electron chi connectivity index (χ1n) is 7.02. The highest BCUT2D eigenvalue weighted by molar-refractivity contribution is 6.39. The summed E-state index contributed by atoms with van der Waals surface area (Å²) >= 11 is 0. The van der Waals surface area contributed by atoms with E-state index in [4.69, 9.17) is 4.74 Å². The molecule has 1 atom stereocenters. The van der Waals surface area contributed by atoms with Crippen molar-refractivity contribution in [3.05, 3.63) is 0 Å². The number of hydrogen-bond donors (Lipinski definition) is 1. The van der Waals surface area contributed by atoms with Crippen molar-refractivity contribution in [1.29, 1.82) is 0 Å². The van der Waals surface area contributed by atoms with Crippen LogP contribution in [0.2, 0.25) is 0 Å². The molecular weight excluding hydrogens is 260 g/mol. The molecule has 7 nitrogen and oxygen atoms in total. The Labute approximate surface area is 118 Å². The van der Waals surface area contributed by atoms with Crippen LogP contribution in [0, 0.1) is 0 Å². The van der Waals surface area contributed by atoms with Crippen molar-refractivity contribution in [3.63, 3.8) is 0 Å². The molecule has 2 rings (SSSR count). The van der Waals surface area contributed by atoms with Crippen molar-refractivity contribution in [1.82, 2.24) is 15.2 Å². The highest BCUT2D eigenvalue weighted by Crippen LogP contribution is 2.07. The molecule has 0 aromatic rings. The molecule has 0 aromatic carbocycles. The number of carbonyl (C=O) groups excluding carboxylic acids is 2. The van der Waals surface area contributed by atoms with Crippen molar-refractivity contribution in [3.8, 4) is 0 Å². The molecule has 1 fully saturated rings. The quantitative estimate of drug-likeness (QED) is 0.749. The van der Waals surface area contributed by atoms with E-state index in [0.29, 0.717) is 25.1 Å². The van der Waals surface area contributed by atoms with Crippen LogP contribution in [0.5, 0.6) is 0 Å². The lowest BCUT2D eigenvalue weighted by atomic mass is 10.1. The predicted molar refractivity (Wildman–Crippen MR) is 74.3 cm³/mol. The summed E-state index contributed by atoms with van der Waals surface area (Å²) in [4.78, 5) is 25.6. The number of carbonyl (C=O) groups is 2. The molecule has 7 heteroatoms. The lowest BCUT2D eigenvalue weighted by Crippen LogP contribution is -2.48. The summed E-state index contributed by atoms with van der Waals surface area (Å²) in [7, 11) is 1.57. The Morgan fingerprint density at radius 2 is 2.10 bits per heavy atom. The number of morpholine rings is 1. The van der Waals surface area contributed by atoms with E-state index in [2.05, 4.69) is 22.2 Å². The molecule has 2 amide bonds. The van der Waals surface area contributed by atoms with Gasteiger partial charge in [0.15, 0.2) is 0 Å². The van der Waals surface area contributed by atoms with Crippen LogP contribution in [-0.4, -0.2) is 73.4 Å². The van der Waals surface area contributed by atoms with Crippen LogP contribution in [0.3, 0.4) is 0 Å². The second-order valence-corrected chi connectivity index (χ2v) is 5.17. The molecule has 1 unspecified atom stereocenters. The molecule has 1 saturated heterocycles. The Bertz CT molecular complexity index is 404. The molecule has 112 valence electrons. The van der Waals surface area contributed by atoms with E-state index in [1.54, 1.807) is 7.05 Å². The molecular formula is C13H22N4O3. The monoisotopic (exact) mass is 282 g/mol. The standard InChI is InChI=1S/C13H22N4O3/c1-10(17-5-7-20-8-6-17)9-14-13(19)11-3-4-12(18)16(2)15-11/h10H,3-9H2,1-2H3,(H,14,19). The maximum atomic E-state index is 12.0. The SMILES string of the molecule is CC(CNC(=O)C1=NN(C)C(=O)CC1)N1CCOCC1. The first-order valence-corrected chi connectivity index (χ1v) is 7.02. The third-order valence-electron chi connectivity index (χ3n) is 3.70. The first-order chi connectivity index (χ1) is 9.58. The van der Waals surface area contributed by atoms with Gasteiger partial charge in [0.25, 0.3) is 5.91 Å². The molecule has 0 aliphatic carbocycles. The number of rotatable bonds is 4. The van der Waals surface area contributed by atoms with Gasteiger partial charge in [-0.15, -0.1) is 0 Å². The zero-order valence-electron chi connectivity index (χ0n) is 12.1. The zero-order valence-corrected chi connectivity index (χ0v) is 12.1.